The smallest absolute Gasteiger partial charge is 0.0595 e. The fraction of sp³-hybridized carbons (Fsp3) is 0.571. The van der Waals surface area contributed by atoms with Crippen molar-refractivity contribution >= 4 is 39.1 Å². The highest BCUT2D eigenvalue weighted by Gasteiger charge is 2.19. The van der Waals surface area contributed by atoms with E-state index in [0.29, 0.717) is 20.8 Å². The molecule has 0 N–H and O–H groups in total. The number of hydrogen-bond acceptors (Lipinski definition) is 0. The predicted molar refractivity (Wildman–Crippen MR) is 81.4 cm³/mol. The van der Waals surface area contributed by atoms with Gasteiger partial charge in [-0.05, 0) is 30.0 Å². The Morgan fingerprint density at radius 3 is 2.41 bits per heavy atom. The Hall–Kier alpha value is 0.280. The molecule has 1 aromatic rings. The van der Waals surface area contributed by atoms with Gasteiger partial charge in [0.25, 0.3) is 0 Å². The Morgan fingerprint density at radius 2 is 1.88 bits per heavy atom. The molecule has 96 valence electrons. The molecule has 2 atom stereocenters. The maximum atomic E-state index is 6.06. The third kappa shape index (κ3) is 4.46. The molecular weight excluding hydrogens is 319 g/mol. The van der Waals surface area contributed by atoms with Crippen LogP contribution in [0.4, 0.5) is 0 Å². The van der Waals surface area contributed by atoms with Gasteiger partial charge in [0.05, 0.1) is 10.0 Å². The lowest BCUT2D eigenvalue weighted by molar-refractivity contribution is 0.446. The molecule has 0 aliphatic rings. The van der Waals surface area contributed by atoms with Crippen LogP contribution in [0, 0.1) is 5.92 Å². The molecule has 1 rings (SSSR count). The molecular formula is C14H19BrCl2. The number of unbranched alkanes of at least 4 members (excludes halogenated alkanes) is 1. The summed E-state index contributed by atoms with van der Waals surface area (Å²) in [6, 6.07) is 5.90. The maximum absolute atomic E-state index is 6.06. The van der Waals surface area contributed by atoms with Gasteiger partial charge >= 0.3 is 0 Å². The van der Waals surface area contributed by atoms with E-state index in [4.69, 9.17) is 23.2 Å². The third-order valence-corrected chi connectivity index (χ3v) is 5.14. The highest BCUT2D eigenvalue weighted by Crippen LogP contribution is 2.38. The average molecular weight is 338 g/mol. The monoisotopic (exact) mass is 336 g/mol. The van der Waals surface area contributed by atoms with Crippen molar-refractivity contribution in [2.24, 2.45) is 5.92 Å². The molecule has 3 heteroatoms. The quantitative estimate of drug-likeness (QED) is 0.510. The molecule has 0 aromatic heterocycles. The number of halogens is 3. The van der Waals surface area contributed by atoms with Crippen LogP contribution in [-0.4, -0.2) is 0 Å². The molecule has 0 aliphatic heterocycles. The molecule has 0 radical (unpaired) electrons. The molecule has 0 heterocycles. The van der Waals surface area contributed by atoms with Gasteiger partial charge in [0, 0.05) is 4.83 Å². The highest BCUT2D eigenvalue weighted by atomic mass is 79.9. The second kappa shape index (κ2) is 7.66. The highest BCUT2D eigenvalue weighted by molar-refractivity contribution is 9.09. The van der Waals surface area contributed by atoms with Gasteiger partial charge in [0.2, 0.25) is 0 Å². The van der Waals surface area contributed by atoms with E-state index in [1.54, 1.807) is 0 Å². The van der Waals surface area contributed by atoms with Gasteiger partial charge in [-0.25, -0.2) is 0 Å². The summed E-state index contributed by atoms with van der Waals surface area (Å²) >= 11 is 15.8. The summed E-state index contributed by atoms with van der Waals surface area (Å²) in [6.45, 7) is 4.47. The van der Waals surface area contributed by atoms with E-state index >= 15 is 0 Å². The SMILES string of the molecule is CCCCC(CC)C(Br)c1ccc(Cl)c(Cl)c1. The molecule has 0 saturated carbocycles. The molecule has 0 bridgehead atoms. The second-order valence-electron chi connectivity index (χ2n) is 4.39. The van der Waals surface area contributed by atoms with E-state index in [-0.39, 0.29) is 0 Å². The predicted octanol–water partition coefficient (Wildman–Crippen LogP) is 6.65. The first-order valence-electron chi connectivity index (χ1n) is 6.19. The van der Waals surface area contributed by atoms with Crippen molar-refractivity contribution in [2.75, 3.05) is 0 Å². The minimum atomic E-state index is 0.369. The van der Waals surface area contributed by atoms with E-state index in [1.165, 1.54) is 31.2 Å². The van der Waals surface area contributed by atoms with Crippen LogP contribution in [0.1, 0.15) is 49.9 Å². The standard InChI is InChI=1S/C14H19BrCl2/c1-3-5-6-10(4-2)14(15)11-7-8-12(16)13(17)9-11/h7-10,14H,3-6H2,1-2H3. The Bertz CT molecular complexity index is 352. The summed E-state index contributed by atoms with van der Waals surface area (Å²) in [4.78, 5) is 0.369. The van der Waals surface area contributed by atoms with E-state index < -0.39 is 0 Å². The summed E-state index contributed by atoms with van der Waals surface area (Å²) in [6.07, 6.45) is 4.96. The van der Waals surface area contributed by atoms with E-state index in [9.17, 15) is 0 Å². The van der Waals surface area contributed by atoms with E-state index in [0.717, 1.165) is 0 Å². The average Bonchev–Trinajstić information content (AvgIpc) is 2.33. The van der Waals surface area contributed by atoms with Crippen molar-refractivity contribution in [3.05, 3.63) is 33.8 Å². The Labute approximate surface area is 123 Å². The number of rotatable bonds is 6. The lowest BCUT2D eigenvalue weighted by Gasteiger charge is -2.21. The van der Waals surface area contributed by atoms with Crippen LogP contribution >= 0.6 is 39.1 Å². The minimum Gasteiger partial charge on any atom is -0.0836 e. The molecule has 0 nitrogen and oxygen atoms in total. The summed E-state index contributed by atoms with van der Waals surface area (Å²) < 4.78 is 0. The molecule has 0 aliphatic carbocycles. The van der Waals surface area contributed by atoms with Gasteiger partial charge < -0.3 is 0 Å². The van der Waals surface area contributed by atoms with Crippen molar-refractivity contribution in [3.63, 3.8) is 0 Å². The van der Waals surface area contributed by atoms with Crippen LogP contribution in [0.15, 0.2) is 18.2 Å². The number of alkyl halides is 1. The van der Waals surface area contributed by atoms with Crippen molar-refractivity contribution in [1.29, 1.82) is 0 Å². The summed E-state index contributed by atoms with van der Waals surface area (Å²) in [5, 5.41) is 1.26. The molecule has 0 spiro atoms. The van der Waals surface area contributed by atoms with Crippen LogP contribution in [0.2, 0.25) is 10.0 Å². The fourth-order valence-corrected chi connectivity index (χ4v) is 3.21. The van der Waals surface area contributed by atoms with Crippen LogP contribution in [0.3, 0.4) is 0 Å². The number of hydrogen-bond donors (Lipinski definition) is 0. The molecule has 2 unspecified atom stereocenters. The normalized spacial score (nSPS) is 14.6. The minimum absolute atomic E-state index is 0.369. The fourth-order valence-electron chi connectivity index (χ4n) is 1.98. The lowest BCUT2D eigenvalue weighted by Crippen LogP contribution is -2.06. The zero-order valence-electron chi connectivity index (χ0n) is 10.3. The van der Waals surface area contributed by atoms with E-state index in [2.05, 4.69) is 35.8 Å². The Balaban J connectivity index is 2.78. The zero-order chi connectivity index (χ0) is 12.8. The Kier molecular flexibility index (Phi) is 6.91. The maximum Gasteiger partial charge on any atom is 0.0595 e. The molecule has 1 aromatic carbocycles. The van der Waals surface area contributed by atoms with Crippen LogP contribution in [0.5, 0.6) is 0 Å². The largest absolute Gasteiger partial charge is 0.0836 e. The van der Waals surface area contributed by atoms with Crippen molar-refractivity contribution in [1.82, 2.24) is 0 Å². The van der Waals surface area contributed by atoms with Gasteiger partial charge in [-0.1, -0.05) is 78.3 Å². The van der Waals surface area contributed by atoms with Gasteiger partial charge in [0.15, 0.2) is 0 Å². The first kappa shape index (κ1) is 15.3. The zero-order valence-corrected chi connectivity index (χ0v) is 13.4. The topological polar surface area (TPSA) is 0 Å². The first-order chi connectivity index (χ1) is 8.10. The third-order valence-electron chi connectivity index (χ3n) is 3.13. The van der Waals surface area contributed by atoms with Gasteiger partial charge in [-0.3, -0.25) is 0 Å². The molecule has 0 saturated heterocycles. The van der Waals surface area contributed by atoms with Crippen molar-refractivity contribution in [2.45, 2.75) is 44.4 Å². The summed E-state index contributed by atoms with van der Waals surface area (Å²) in [5.41, 5.74) is 1.22. The van der Waals surface area contributed by atoms with Crippen LogP contribution in [0.25, 0.3) is 0 Å². The molecule has 0 amide bonds. The summed E-state index contributed by atoms with van der Waals surface area (Å²) in [5.74, 6) is 0.659. The van der Waals surface area contributed by atoms with Gasteiger partial charge in [-0.2, -0.15) is 0 Å². The molecule has 0 fully saturated rings. The Morgan fingerprint density at radius 1 is 1.18 bits per heavy atom. The van der Waals surface area contributed by atoms with E-state index in [1.807, 2.05) is 12.1 Å². The van der Waals surface area contributed by atoms with Gasteiger partial charge in [0.1, 0.15) is 0 Å². The van der Waals surface area contributed by atoms with Crippen molar-refractivity contribution < 1.29 is 0 Å². The summed E-state index contributed by atoms with van der Waals surface area (Å²) in [7, 11) is 0. The second-order valence-corrected chi connectivity index (χ2v) is 6.19. The van der Waals surface area contributed by atoms with Crippen LogP contribution < -0.4 is 0 Å². The van der Waals surface area contributed by atoms with Crippen molar-refractivity contribution in [3.8, 4) is 0 Å². The first-order valence-corrected chi connectivity index (χ1v) is 7.86. The lowest BCUT2D eigenvalue weighted by atomic mass is 9.92. The van der Waals surface area contributed by atoms with Gasteiger partial charge in [-0.15, -0.1) is 0 Å². The number of benzene rings is 1. The molecule has 17 heavy (non-hydrogen) atoms. The van der Waals surface area contributed by atoms with Crippen LogP contribution in [-0.2, 0) is 0 Å².